The third-order valence-corrected chi connectivity index (χ3v) is 5.47. The molecule has 0 spiro atoms. The highest BCUT2D eigenvalue weighted by atomic mass is 32.2. The zero-order valence-electron chi connectivity index (χ0n) is 17.5. The van der Waals surface area contributed by atoms with Crippen LogP contribution in [0.1, 0.15) is 96.5 Å². The Labute approximate surface area is 167 Å². The molecule has 0 bridgehead atoms. The van der Waals surface area contributed by atoms with Crippen molar-refractivity contribution in [3.63, 3.8) is 0 Å². The molecule has 0 fully saturated rings. The second-order valence-corrected chi connectivity index (χ2v) is 8.61. The molecule has 0 aliphatic rings. The Morgan fingerprint density at radius 3 is 1.56 bits per heavy atom. The molecular weight excluding hydrogens is 358 g/mol. The summed E-state index contributed by atoms with van der Waals surface area (Å²) in [6.45, 7) is 5.22. The molecule has 158 valence electrons. The van der Waals surface area contributed by atoms with E-state index in [4.69, 9.17) is 10.3 Å². The maximum atomic E-state index is 10.9. The molecule has 0 amide bonds. The zero-order chi connectivity index (χ0) is 20.4. The number of rotatable bonds is 14. The van der Waals surface area contributed by atoms with Crippen LogP contribution >= 0.6 is 0 Å². The van der Waals surface area contributed by atoms with Gasteiger partial charge in [-0.2, -0.15) is 8.42 Å². The molecule has 0 radical (unpaired) electrons. The third-order valence-electron chi connectivity index (χ3n) is 4.60. The molecule has 3 N–H and O–H groups in total. The summed E-state index contributed by atoms with van der Waals surface area (Å²) in [7, 11) is -4.06. The molecule has 0 heterocycles. The maximum Gasteiger partial charge on any atom is 0.294 e. The van der Waals surface area contributed by atoms with Crippen molar-refractivity contribution in [1.29, 1.82) is 0 Å². The van der Waals surface area contributed by atoms with Gasteiger partial charge in [-0.15, -0.1) is 0 Å². The minimum Gasteiger partial charge on any atom is -0.330 e. The molecule has 0 aliphatic heterocycles. The average Bonchev–Trinajstić information content (AvgIpc) is 2.64. The topological polar surface area (TPSA) is 80.4 Å². The van der Waals surface area contributed by atoms with Crippen LogP contribution in [-0.4, -0.2) is 19.5 Å². The Kier molecular flexibility index (Phi) is 16.6. The van der Waals surface area contributed by atoms with E-state index < -0.39 is 10.1 Å². The second-order valence-electron chi connectivity index (χ2n) is 7.19. The van der Waals surface area contributed by atoms with Gasteiger partial charge in [-0.3, -0.25) is 4.55 Å². The van der Waals surface area contributed by atoms with Gasteiger partial charge in [-0.05, 0) is 43.5 Å². The number of hydrogen-bond donors (Lipinski definition) is 2. The largest absolute Gasteiger partial charge is 0.330 e. The molecule has 4 nitrogen and oxygen atoms in total. The number of hydrogen-bond acceptors (Lipinski definition) is 3. The Hall–Kier alpha value is -0.910. The van der Waals surface area contributed by atoms with Crippen LogP contribution in [-0.2, 0) is 16.5 Å². The van der Waals surface area contributed by atoms with E-state index in [0.717, 1.165) is 24.9 Å². The van der Waals surface area contributed by atoms with Crippen molar-refractivity contribution in [2.45, 2.75) is 102 Å². The van der Waals surface area contributed by atoms with Crippen LogP contribution in [0.2, 0.25) is 0 Å². The second kappa shape index (κ2) is 17.2. The lowest BCUT2D eigenvalue weighted by Crippen LogP contribution is -1.98. The van der Waals surface area contributed by atoms with Gasteiger partial charge in [0.25, 0.3) is 10.1 Å². The summed E-state index contributed by atoms with van der Waals surface area (Å²) in [6.07, 6.45) is 16.5. The molecule has 0 atom stereocenters. The molecule has 0 unspecified atom stereocenters. The van der Waals surface area contributed by atoms with Crippen molar-refractivity contribution in [3.05, 3.63) is 29.8 Å². The normalized spacial score (nSPS) is 11.1. The summed E-state index contributed by atoms with van der Waals surface area (Å²) in [5.41, 5.74) is 6.27. The van der Waals surface area contributed by atoms with Crippen molar-refractivity contribution < 1.29 is 13.0 Å². The predicted octanol–water partition coefficient (Wildman–Crippen LogP) is 6.14. The van der Waals surface area contributed by atoms with E-state index in [2.05, 4.69) is 13.8 Å². The van der Waals surface area contributed by atoms with Gasteiger partial charge in [-0.1, -0.05) is 90.2 Å². The third kappa shape index (κ3) is 15.8. The van der Waals surface area contributed by atoms with Crippen molar-refractivity contribution in [2.24, 2.45) is 5.73 Å². The first-order chi connectivity index (χ1) is 13.0. The fourth-order valence-electron chi connectivity index (χ4n) is 2.85. The maximum absolute atomic E-state index is 10.9. The summed E-state index contributed by atoms with van der Waals surface area (Å²) in [6, 6.07) is 6.52. The van der Waals surface area contributed by atoms with Crippen molar-refractivity contribution in [1.82, 2.24) is 0 Å². The minimum atomic E-state index is -4.06. The first kappa shape index (κ1) is 26.1. The van der Waals surface area contributed by atoms with E-state index >= 15 is 0 Å². The van der Waals surface area contributed by atoms with Gasteiger partial charge in [0, 0.05) is 0 Å². The first-order valence-corrected chi connectivity index (χ1v) is 12.2. The van der Waals surface area contributed by atoms with E-state index in [1.54, 1.807) is 12.1 Å². The summed E-state index contributed by atoms with van der Waals surface area (Å²) < 4.78 is 30.8. The molecule has 0 aromatic heterocycles. The number of aryl methyl sites for hydroxylation is 1. The molecule has 5 heteroatoms. The monoisotopic (exact) mass is 399 g/mol. The van der Waals surface area contributed by atoms with E-state index in [-0.39, 0.29) is 4.90 Å². The van der Waals surface area contributed by atoms with E-state index in [1.165, 1.54) is 82.8 Å². The molecule has 1 aromatic rings. The Bertz CT molecular complexity index is 539. The number of benzene rings is 1. The Morgan fingerprint density at radius 1 is 0.741 bits per heavy atom. The lowest BCUT2D eigenvalue weighted by Gasteiger charge is -2.04. The van der Waals surface area contributed by atoms with Crippen LogP contribution in [0, 0.1) is 0 Å². The van der Waals surface area contributed by atoms with Gasteiger partial charge in [0.2, 0.25) is 0 Å². The molecule has 0 saturated carbocycles. The van der Waals surface area contributed by atoms with Crippen molar-refractivity contribution in [3.8, 4) is 0 Å². The van der Waals surface area contributed by atoms with E-state index in [1.807, 2.05) is 0 Å². The SMILES string of the molecule is CCCCCCCCCCCCc1ccc(S(=O)(=O)O)cc1.CCCCN. The van der Waals surface area contributed by atoms with Crippen LogP contribution in [0.25, 0.3) is 0 Å². The van der Waals surface area contributed by atoms with Crippen LogP contribution < -0.4 is 5.73 Å². The highest BCUT2D eigenvalue weighted by molar-refractivity contribution is 7.85. The molecular formula is C22H41NO3S. The summed E-state index contributed by atoms with van der Waals surface area (Å²) in [5.74, 6) is 0. The molecule has 0 saturated heterocycles. The highest BCUT2D eigenvalue weighted by Gasteiger charge is 2.08. The quantitative estimate of drug-likeness (QED) is 0.291. The van der Waals surface area contributed by atoms with Crippen molar-refractivity contribution in [2.75, 3.05) is 6.54 Å². The van der Waals surface area contributed by atoms with Gasteiger partial charge in [0.1, 0.15) is 0 Å². The average molecular weight is 400 g/mol. The van der Waals surface area contributed by atoms with Crippen LogP contribution in [0.15, 0.2) is 29.2 Å². The highest BCUT2D eigenvalue weighted by Crippen LogP contribution is 2.14. The molecule has 27 heavy (non-hydrogen) atoms. The van der Waals surface area contributed by atoms with Gasteiger partial charge in [0.05, 0.1) is 4.90 Å². The van der Waals surface area contributed by atoms with Gasteiger partial charge < -0.3 is 5.73 Å². The van der Waals surface area contributed by atoms with Crippen LogP contribution in [0.4, 0.5) is 0 Å². The number of nitrogens with two attached hydrogens (primary N) is 1. The molecule has 0 aliphatic carbocycles. The van der Waals surface area contributed by atoms with Crippen molar-refractivity contribution >= 4 is 10.1 Å². The predicted molar refractivity (Wildman–Crippen MR) is 116 cm³/mol. The lowest BCUT2D eigenvalue weighted by molar-refractivity contribution is 0.483. The fourth-order valence-corrected chi connectivity index (χ4v) is 3.33. The Morgan fingerprint density at radius 2 is 1.19 bits per heavy atom. The minimum absolute atomic E-state index is 0.0284. The Balaban J connectivity index is 0.00000119. The van der Waals surface area contributed by atoms with Gasteiger partial charge in [0.15, 0.2) is 0 Å². The van der Waals surface area contributed by atoms with Gasteiger partial charge >= 0.3 is 0 Å². The smallest absolute Gasteiger partial charge is 0.294 e. The van der Waals surface area contributed by atoms with E-state index in [0.29, 0.717) is 0 Å². The fraction of sp³-hybridized carbons (Fsp3) is 0.727. The van der Waals surface area contributed by atoms with Crippen LogP contribution in [0.3, 0.4) is 0 Å². The summed E-state index contributed by atoms with van der Waals surface area (Å²) in [4.78, 5) is -0.0284. The number of unbranched alkanes of at least 4 members (excludes halogenated alkanes) is 10. The standard InChI is InChI=1S/C18H30O3S.C4H11N/c1-2-3-4-5-6-7-8-9-10-11-12-17-13-15-18(16-14-17)22(19,20)21;1-2-3-4-5/h13-16H,2-12H2,1H3,(H,19,20,21);2-5H2,1H3. The van der Waals surface area contributed by atoms with E-state index in [9.17, 15) is 8.42 Å². The molecule has 1 aromatic carbocycles. The summed E-state index contributed by atoms with van der Waals surface area (Å²) in [5, 5.41) is 0. The van der Waals surface area contributed by atoms with Crippen LogP contribution in [0.5, 0.6) is 0 Å². The summed E-state index contributed by atoms with van der Waals surface area (Å²) >= 11 is 0. The zero-order valence-corrected chi connectivity index (χ0v) is 18.3. The van der Waals surface area contributed by atoms with Gasteiger partial charge in [-0.25, -0.2) is 0 Å². The molecule has 1 rings (SSSR count). The lowest BCUT2D eigenvalue weighted by atomic mass is 10.0. The first-order valence-electron chi connectivity index (χ1n) is 10.7.